The predicted octanol–water partition coefficient (Wildman–Crippen LogP) is 2.78. The Bertz CT molecular complexity index is 822. The fourth-order valence-corrected chi connectivity index (χ4v) is 3.86. The number of hydrogen-bond acceptors (Lipinski definition) is 3. The third kappa shape index (κ3) is 2.63. The summed E-state index contributed by atoms with van der Waals surface area (Å²) < 4.78 is 0. The summed E-state index contributed by atoms with van der Waals surface area (Å²) in [5, 5.41) is 9.31. The van der Waals surface area contributed by atoms with Crippen LogP contribution in [-0.2, 0) is 11.2 Å². The van der Waals surface area contributed by atoms with Gasteiger partial charge in [0.05, 0.1) is 5.69 Å². The van der Waals surface area contributed by atoms with Crippen LogP contribution in [0.4, 0.5) is 10.5 Å². The molecule has 6 nitrogen and oxygen atoms in total. The molecule has 0 radical (unpaired) electrons. The van der Waals surface area contributed by atoms with Gasteiger partial charge in [-0.2, -0.15) is 0 Å². The van der Waals surface area contributed by atoms with Crippen LogP contribution in [0, 0.1) is 0 Å². The van der Waals surface area contributed by atoms with E-state index in [2.05, 4.69) is 4.98 Å². The summed E-state index contributed by atoms with van der Waals surface area (Å²) in [6.07, 6.45) is 2.83. The molecule has 1 fully saturated rings. The van der Waals surface area contributed by atoms with Crippen molar-refractivity contribution in [3.8, 4) is 11.3 Å². The molecule has 0 spiro atoms. The standard InChI is InChI=1S/C19H19N3O3/c23-18(17-8-4-11-22(17)19(24)25)21-12-9-14-13(5-3-7-16(14)21)15-6-1-2-10-20-15/h1-3,5-7,10,17H,4,8-9,11-12H2,(H,24,25). The number of aromatic nitrogens is 1. The van der Waals surface area contributed by atoms with Crippen LogP contribution < -0.4 is 4.90 Å². The van der Waals surface area contributed by atoms with Gasteiger partial charge in [0.1, 0.15) is 6.04 Å². The number of hydrogen-bond donors (Lipinski definition) is 1. The first-order valence-electron chi connectivity index (χ1n) is 8.51. The Morgan fingerprint density at radius 1 is 1.12 bits per heavy atom. The van der Waals surface area contributed by atoms with Crippen LogP contribution in [0.3, 0.4) is 0 Å². The van der Waals surface area contributed by atoms with E-state index in [-0.39, 0.29) is 5.91 Å². The second-order valence-electron chi connectivity index (χ2n) is 6.39. The van der Waals surface area contributed by atoms with E-state index in [4.69, 9.17) is 0 Å². The van der Waals surface area contributed by atoms with Gasteiger partial charge in [-0.15, -0.1) is 0 Å². The van der Waals surface area contributed by atoms with E-state index in [1.54, 1.807) is 11.1 Å². The number of anilines is 1. The quantitative estimate of drug-likeness (QED) is 0.914. The fraction of sp³-hybridized carbons (Fsp3) is 0.316. The Labute approximate surface area is 145 Å². The molecule has 0 saturated carbocycles. The molecule has 0 aliphatic carbocycles. The Morgan fingerprint density at radius 2 is 2.00 bits per heavy atom. The average molecular weight is 337 g/mol. The third-order valence-corrected chi connectivity index (χ3v) is 5.02. The summed E-state index contributed by atoms with van der Waals surface area (Å²) in [6.45, 7) is 1.02. The van der Waals surface area contributed by atoms with Crippen LogP contribution in [0.15, 0.2) is 42.6 Å². The molecule has 6 heteroatoms. The molecule has 2 amide bonds. The van der Waals surface area contributed by atoms with Gasteiger partial charge in [-0.3, -0.25) is 14.7 Å². The highest BCUT2D eigenvalue weighted by Gasteiger charge is 2.39. The van der Waals surface area contributed by atoms with Crippen LogP contribution in [0.2, 0.25) is 0 Å². The second-order valence-corrected chi connectivity index (χ2v) is 6.39. The number of fused-ring (bicyclic) bond motifs is 1. The summed E-state index contributed by atoms with van der Waals surface area (Å²) in [5.41, 5.74) is 3.91. The maximum atomic E-state index is 13.0. The maximum Gasteiger partial charge on any atom is 0.407 e. The Morgan fingerprint density at radius 3 is 2.76 bits per heavy atom. The van der Waals surface area contributed by atoms with E-state index in [0.717, 1.165) is 35.3 Å². The van der Waals surface area contributed by atoms with Crippen molar-refractivity contribution in [2.45, 2.75) is 25.3 Å². The van der Waals surface area contributed by atoms with E-state index in [0.29, 0.717) is 19.5 Å². The van der Waals surface area contributed by atoms with Gasteiger partial charge in [-0.05, 0) is 43.0 Å². The molecule has 1 aromatic heterocycles. The predicted molar refractivity (Wildman–Crippen MR) is 93.5 cm³/mol. The molecule has 1 aromatic carbocycles. The molecular formula is C19H19N3O3. The number of pyridine rings is 1. The molecule has 2 aliphatic heterocycles. The number of likely N-dealkylation sites (tertiary alicyclic amines) is 1. The van der Waals surface area contributed by atoms with Crippen molar-refractivity contribution in [1.29, 1.82) is 0 Å². The van der Waals surface area contributed by atoms with E-state index in [9.17, 15) is 14.7 Å². The van der Waals surface area contributed by atoms with Crippen LogP contribution in [0.5, 0.6) is 0 Å². The fourth-order valence-electron chi connectivity index (χ4n) is 3.86. The minimum absolute atomic E-state index is 0.114. The van der Waals surface area contributed by atoms with E-state index < -0.39 is 12.1 Å². The summed E-state index contributed by atoms with van der Waals surface area (Å²) in [4.78, 5) is 31.8. The van der Waals surface area contributed by atoms with Crippen molar-refractivity contribution in [2.24, 2.45) is 0 Å². The number of carbonyl (C=O) groups is 2. The summed E-state index contributed by atoms with van der Waals surface area (Å²) >= 11 is 0. The minimum atomic E-state index is -1.02. The Hall–Kier alpha value is -2.89. The van der Waals surface area contributed by atoms with Gasteiger partial charge in [0.2, 0.25) is 5.91 Å². The molecule has 1 atom stereocenters. The Kier molecular flexibility index (Phi) is 3.87. The highest BCUT2D eigenvalue weighted by molar-refractivity contribution is 6.01. The average Bonchev–Trinajstić information content (AvgIpc) is 3.29. The lowest BCUT2D eigenvalue weighted by Crippen LogP contribution is -2.47. The number of rotatable bonds is 2. The van der Waals surface area contributed by atoms with Crippen molar-refractivity contribution in [3.05, 3.63) is 48.2 Å². The van der Waals surface area contributed by atoms with Crippen molar-refractivity contribution < 1.29 is 14.7 Å². The molecule has 2 aromatic rings. The molecule has 1 unspecified atom stereocenters. The van der Waals surface area contributed by atoms with Gasteiger partial charge in [-0.25, -0.2) is 4.79 Å². The molecule has 4 rings (SSSR count). The summed E-state index contributed by atoms with van der Waals surface area (Å²) in [7, 11) is 0. The van der Waals surface area contributed by atoms with Crippen LogP contribution in [0.1, 0.15) is 18.4 Å². The largest absolute Gasteiger partial charge is 0.465 e. The van der Waals surface area contributed by atoms with Crippen LogP contribution in [-0.4, -0.2) is 46.1 Å². The van der Waals surface area contributed by atoms with Crippen molar-refractivity contribution >= 4 is 17.7 Å². The highest BCUT2D eigenvalue weighted by Crippen LogP contribution is 2.36. The number of amides is 2. The first kappa shape index (κ1) is 15.6. The first-order chi connectivity index (χ1) is 12.2. The summed E-state index contributed by atoms with van der Waals surface area (Å²) in [5.74, 6) is -0.114. The number of benzene rings is 1. The third-order valence-electron chi connectivity index (χ3n) is 5.02. The molecule has 2 aliphatic rings. The van der Waals surface area contributed by atoms with Gasteiger partial charge in [0.15, 0.2) is 0 Å². The Balaban J connectivity index is 1.67. The molecule has 1 N–H and O–H groups in total. The highest BCUT2D eigenvalue weighted by atomic mass is 16.4. The van der Waals surface area contributed by atoms with Crippen molar-refractivity contribution in [2.75, 3.05) is 18.0 Å². The normalized spacial score (nSPS) is 19.1. The van der Waals surface area contributed by atoms with E-state index >= 15 is 0 Å². The number of carboxylic acid groups (broad SMARTS) is 1. The second kappa shape index (κ2) is 6.20. The van der Waals surface area contributed by atoms with Crippen LogP contribution >= 0.6 is 0 Å². The monoisotopic (exact) mass is 337 g/mol. The maximum absolute atomic E-state index is 13.0. The lowest BCUT2D eigenvalue weighted by atomic mass is 10.0. The van der Waals surface area contributed by atoms with Crippen molar-refractivity contribution in [3.63, 3.8) is 0 Å². The van der Waals surface area contributed by atoms with Gasteiger partial charge in [-0.1, -0.05) is 18.2 Å². The molecule has 0 bridgehead atoms. The lowest BCUT2D eigenvalue weighted by Gasteiger charge is -2.26. The van der Waals surface area contributed by atoms with Gasteiger partial charge < -0.3 is 10.0 Å². The first-order valence-corrected chi connectivity index (χ1v) is 8.51. The molecule has 128 valence electrons. The topological polar surface area (TPSA) is 73.7 Å². The number of carbonyl (C=O) groups excluding carboxylic acids is 1. The zero-order valence-electron chi connectivity index (χ0n) is 13.8. The minimum Gasteiger partial charge on any atom is -0.465 e. The summed E-state index contributed by atoms with van der Waals surface area (Å²) in [6, 6.07) is 11.1. The molecular weight excluding hydrogens is 318 g/mol. The smallest absolute Gasteiger partial charge is 0.407 e. The zero-order valence-corrected chi connectivity index (χ0v) is 13.8. The molecule has 3 heterocycles. The van der Waals surface area contributed by atoms with E-state index in [1.165, 1.54) is 4.90 Å². The van der Waals surface area contributed by atoms with Gasteiger partial charge in [0, 0.05) is 30.5 Å². The number of nitrogens with zero attached hydrogens (tertiary/aromatic N) is 3. The zero-order chi connectivity index (χ0) is 17.4. The van der Waals surface area contributed by atoms with Crippen molar-refractivity contribution in [1.82, 2.24) is 9.88 Å². The lowest BCUT2D eigenvalue weighted by molar-refractivity contribution is -0.122. The van der Waals surface area contributed by atoms with Crippen LogP contribution in [0.25, 0.3) is 11.3 Å². The van der Waals surface area contributed by atoms with E-state index in [1.807, 2.05) is 36.4 Å². The SMILES string of the molecule is O=C(C1CCCN1C(=O)O)N1CCc2c(-c3ccccn3)cccc21. The molecule has 25 heavy (non-hydrogen) atoms. The van der Waals surface area contributed by atoms with Gasteiger partial charge >= 0.3 is 6.09 Å². The molecule has 1 saturated heterocycles. The van der Waals surface area contributed by atoms with Gasteiger partial charge in [0.25, 0.3) is 0 Å².